The molecule has 0 aromatic carbocycles. The molecule has 3 nitrogen and oxygen atoms in total. The van der Waals surface area contributed by atoms with Gasteiger partial charge < -0.3 is 14.2 Å². The van der Waals surface area contributed by atoms with Crippen LogP contribution in [-0.4, -0.2) is 39.6 Å². The third-order valence-corrected chi connectivity index (χ3v) is 5.61. The Kier molecular flexibility index (Phi) is 6.70. The SMILES string of the molecule is COCC(COC)(COC(C)(C)C(C)(C)C)C1CCCC1. The van der Waals surface area contributed by atoms with Crippen molar-refractivity contribution >= 4 is 0 Å². The van der Waals surface area contributed by atoms with Crippen molar-refractivity contribution in [1.29, 1.82) is 0 Å². The van der Waals surface area contributed by atoms with E-state index in [1.54, 1.807) is 14.2 Å². The molecule has 1 fully saturated rings. The highest BCUT2D eigenvalue weighted by molar-refractivity contribution is 4.92. The van der Waals surface area contributed by atoms with Crippen molar-refractivity contribution in [3.8, 4) is 0 Å². The van der Waals surface area contributed by atoms with Gasteiger partial charge in [-0.3, -0.25) is 0 Å². The summed E-state index contributed by atoms with van der Waals surface area (Å²) in [6, 6.07) is 0. The van der Waals surface area contributed by atoms with Gasteiger partial charge in [0.25, 0.3) is 0 Å². The quantitative estimate of drug-likeness (QED) is 0.669. The molecular weight excluding hydrogens is 264 g/mol. The van der Waals surface area contributed by atoms with Crippen LogP contribution >= 0.6 is 0 Å². The number of hydrogen-bond acceptors (Lipinski definition) is 3. The van der Waals surface area contributed by atoms with E-state index in [9.17, 15) is 0 Å². The average molecular weight is 300 g/mol. The molecule has 1 saturated carbocycles. The molecule has 21 heavy (non-hydrogen) atoms. The van der Waals surface area contributed by atoms with E-state index < -0.39 is 0 Å². The summed E-state index contributed by atoms with van der Waals surface area (Å²) >= 11 is 0. The van der Waals surface area contributed by atoms with Gasteiger partial charge in [-0.05, 0) is 38.0 Å². The van der Waals surface area contributed by atoms with E-state index in [0.29, 0.717) is 25.7 Å². The Morgan fingerprint density at radius 2 is 1.29 bits per heavy atom. The summed E-state index contributed by atoms with van der Waals surface area (Å²) in [5.74, 6) is 0.646. The molecule has 1 rings (SSSR count). The summed E-state index contributed by atoms with van der Waals surface area (Å²) < 4.78 is 17.5. The van der Waals surface area contributed by atoms with Crippen LogP contribution in [0.1, 0.15) is 60.3 Å². The lowest BCUT2D eigenvalue weighted by molar-refractivity contribution is -0.156. The Labute approximate surface area is 131 Å². The maximum Gasteiger partial charge on any atom is 0.0674 e. The van der Waals surface area contributed by atoms with Crippen LogP contribution in [0.5, 0.6) is 0 Å². The van der Waals surface area contributed by atoms with Gasteiger partial charge in [-0.15, -0.1) is 0 Å². The fraction of sp³-hybridized carbons (Fsp3) is 1.00. The second-order valence-electron chi connectivity index (χ2n) is 8.26. The smallest absolute Gasteiger partial charge is 0.0674 e. The van der Waals surface area contributed by atoms with E-state index in [1.807, 2.05) is 0 Å². The summed E-state index contributed by atoms with van der Waals surface area (Å²) in [5, 5.41) is 0. The Hall–Kier alpha value is -0.120. The molecule has 0 spiro atoms. The van der Waals surface area contributed by atoms with Crippen LogP contribution < -0.4 is 0 Å². The molecule has 3 heteroatoms. The second kappa shape index (κ2) is 7.43. The van der Waals surface area contributed by atoms with Crippen LogP contribution in [0, 0.1) is 16.7 Å². The first kappa shape index (κ1) is 18.9. The molecule has 0 atom stereocenters. The van der Waals surface area contributed by atoms with Crippen LogP contribution in [0.15, 0.2) is 0 Å². The molecule has 0 N–H and O–H groups in total. The molecule has 0 radical (unpaired) electrons. The Morgan fingerprint density at radius 3 is 1.67 bits per heavy atom. The Bertz CT molecular complexity index is 292. The molecule has 0 unspecified atom stereocenters. The summed E-state index contributed by atoms with van der Waals surface area (Å²) in [5.41, 5.74) is -0.0740. The van der Waals surface area contributed by atoms with Crippen molar-refractivity contribution in [2.75, 3.05) is 34.0 Å². The molecule has 1 aliphatic carbocycles. The minimum absolute atomic E-state index is 0.0114. The van der Waals surface area contributed by atoms with E-state index in [-0.39, 0.29) is 16.4 Å². The summed E-state index contributed by atoms with van der Waals surface area (Å²) in [7, 11) is 3.57. The van der Waals surface area contributed by atoms with Gasteiger partial charge in [0.1, 0.15) is 0 Å². The molecule has 126 valence electrons. The number of ether oxygens (including phenoxy) is 3. The fourth-order valence-corrected chi connectivity index (χ4v) is 3.13. The molecule has 1 aliphatic rings. The van der Waals surface area contributed by atoms with Crippen molar-refractivity contribution in [2.24, 2.45) is 16.7 Å². The van der Waals surface area contributed by atoms with Crippen LogP contribution in [0.25, 0.3) is 0 Å². The van der Waals surface area contributed by atoms with Crippen molar-refractivity contribution in [3.63, 3.8) is 0 Å². The van der Waals surface area contributed by atoms with Crippen LogP contribution in [0.4, 0.5) is 0 Å². The lowest BCUT2D eigenvalue weighted by Gasteiger charge is -2.44. The fourth-order valence-electron chi connectivity index (χ4n) is 3.13. The van der Waals surface area contributed by atoms with E-state index >= 15 is 0 Å². The van der Waals surface area contributed by atoms with Gasteiger partial charge in [0.2, 0.25) is 0 Å². The van der Waals surface area contributed by atoms with Crippen LogP contribution in [0.3, 0.4) is 0 Å². The topological polar surface area (TPSA) is 27.7 Å². The summed E-state index contributed by atoms with van der Waals surface area (Å²) in [6.45, 7) is 13.2. The van der Waals surface area contributed by atoms with Gasteiger partial charge in [-0.1, -0.05) is 33.6 Å². The van der Waals surface area contributed by atoms with Gasteiger partial charge in [-0.2, -0.15) is 0 Å². The van der Waals surface area contributed by atoms with Crippen LogP contribution in [0.2, 0.25) is 0 Å². The predicted octanol–water partition coefficient (Wildman–Crippen LogP) is 4.30. The third-order valence-electron chi connectivity index (χ3n) is 5.61. The number of methoxy groups -OCH3 is 2. The molecule has 0 aliphatic heterocycles. The number of hydrogen-bond donors (Lipinski definition) is 0. The molecule has 0 heterocycles. The van der Waals surface area contributed by atoms with Crippen molar-refractivity contribution in [1.82, 2.24) is 0 Å². The van der Waals surface area contributed by atoms with Gasteiger partial charge in [-0.25, -0.2) is 0 Å². The third kappa shape index (κ3) is 4.67. The summed E-state index contributed by atoms with van der Waals surface area (Å²) in [4.78, 5) is 0. The zero-order chi connectivity index (χ0) is 16.1. The van der Waals surface area contributed by atoms with Gasteiger partial charge in [0, 0.05) is 19.6 Å². The normalized spacial score (nSPS) is 18.4. The lowest BCUT2D eigenvalue weighted by atomic mass is 9.74. The Morgan fingerprint density at radius 1 is 0.810 bits per heavy atom. The zero-order valence-electron chi connectivity index (χ0n) is 15.3. The first-order valence-electron chi connectivity index (χ1n) is 8.30. The average Bonchev–Trinajstić information content (AvgIpc) is 2.89. The summed E-state index contributed by atoms with van der Waals surface area (Å²) in [6.07, 6.45) is 5.18. The standard InChI is InChI=1S/C18H36O3/c1-16(2,3)17(4,5)21-14-18(12-19-6,13-20-7)15-10-8-9-11-15/h15H,8-14H2,1-7H3. The minimum Gasteiger partial charge on any atom is -0.384 e. The largest absolute Gasteiger partial charge is 0.384 e. The molecule has 0 amide bonds. The monoisotopic (exact) mass is 300 g/mol. The van der Waals surface area contributed by atoms with Crippen molar-refractivity contribution in [3.05, 3.63) is 0 Å². The van der Waals surface area contributed by atoms with Gasteiger partial charge in [0.05, 0.1) is 25.4 Å². The highest BCUT2D eigenvalue weighted by atomic mass is 16.5. The Balaban J connectivity index is 2.85. The van der Waals surface area contributed by atoms with Crippen LogP contribution in [-0.2, 0) is 14.2 Å². The van der Waals surface area contributed by atoms with E-state index in [2.05, 4.69) is 34.6 Å². The molecule has 0 saturated heterocycles. The molecule has 0 aromatic heterocycles. The predicted molar refractivity (Wildman–Crippen MR) is 87.6 cm³/mol. The van der Waals surface area contributed by atoms with Crippen molar-refractivity contribution < 1.29 is 14.2 Å². The molecular formula is C18H36O3. The van der Waals surface area contributed by atoms with Gasteiger partial charge >= 0.3 is 0 Å². The van der Waals surface area contributed by atoms with E-state index in [0.717, 1.165) is 0 Å². The highest BCUT2D eigenvalue weighted by Crippen LogP contribution is 2.43. The maximum atomic E-state index is 6.42. The first-order valence-corrected chi connectivity index (χ1v) is 8.30. The molecule has 0 bridgehead atoms. The first-order chi connectivity index (χ1) is 9.68. The minimum atomic E-state index is -0.168. The van der Waals surface area contributed by atoms with Crippen molar-refractivity contribution in [2.45, 2.75) is 65.9 Å². The maximum absolute atomic E-state index is 6.42. The lowest BCUT2D eigenvalue weighted by Crippen LogP contribution is -2.48. The van der Waals surface area contributed by atoms with Gasteiger partial charge in [0.15, 0.2) is 0 Å². The second-order valence-corrected chi connectivity index (χ2v) is 8.26. The van der Waals surface area contributed by atoms with E-state index in [1.165, 1.54) is 25.7 Å². The number of rotatable bonds is 8. The zero-order valence-corrected chi connectivity index (χ0v) is 15.3. The van der Waals surface area contributed by atoms with E-state index in [4.69, 9.17) is 14.2 Å². The molecule has 0 aromatic rings. The highest BCUT2D eigenvalue weighted by Gasteiger charge is 2.43.